The lowest BCUT2D eigenvalue weighted by Gasteiger charge is -2.29. The molecule has 0 spiro atoms. The van der Waals surface area contributed by atoms with Crippen LogP contribution in [-0.2, 0) is 27.2 Å². The average molecular weight is 300 g/mol. The van der Waals surface area contributed by atoms with Crippen LogP contribution in [0, 0.1) is 11.8 Å². The van der Waals surface area contributed by atoms with Crippen molar-refractivity contribution < 1.29 is 14.3 Å². The predicted octanol–water partition coefficient (Wildman–Crippen LogP) is 0.375. The van der Waals surface area contributed by atoms with Gasteiger partial charge in [0.2, 0.25) is 11.8 Å². The molecule has 2 aliphatic heterocycles. The highest BCUT2D eigenvalue weighted by Crippen LogP contribution is 2.28. The van der Waals surface area contributed by atoms with Crippen LogP contribution < -0.4 is 5.32 Å². The van der Waals surface area contributed by atoms with E-state index in [4.69, 9.17) is 4.74 Å². The molecule has 5 nitrogen and oxygen atoms in total. The molecule has 4 rings (SSSR count). The van der Waals surface area contributed by atoms with E-state index in [0.717, 1.165) is 12.8 Å². The number of hydrogen-bond acceptors (Lipinski definition) is 3. The Labute approximate surface area is 129 Å². The van der Waals surface area contributed by atoms with Crippen LogP contribution in [0.4, 0.5) is 0 Å². The fourth-order valence-electron chi connectivity index (χ4n) is 3.80. The van der Waals surface area contributed by atoms with Crippen LogP contribution >= 0.6 is 0 Å². The highest BCUT2D eigenvalue weighted by molar-refractivity contribution is 5.84. The standard InChI is InChI=1S/C17H20N2O3/c20-16-14-7-19(8-15(18-16)10-22-9-14)17(21)13-5-11-3-1-2-4-12(11)6-13/h1-4,13-15H,5-10H2,(H,18,20)/t14-,15+/m1/s1. The van der Waals surface area contributed by atoms with Crippen LogP contribution in [0.25, 0.3) is 0 Å². The monoisotopic (exact) mass is 300 g/mol. The van der Waals surface area contributed by atoms with E-state index in [2.05, 4.69) is 17.4 Å². The molecule has 2 atom stereocenters. The van der Waals surface area contributed by atoms with E-state index in [1.807, 2.05) is 17.0 Å². The third-order valence-electron chi connectivity index (χ3n) is 4.95. The summed E-state index contributed by atoms with van der Waals surface area (Å²) in [7, 11) is 0. The number of nitrogens with zero attached hydrogens (tertiary/aromatic N) is 1. The molecule has 0 radical (unpaired) electrons. The summed E-state index contributed by atoms with van der Waals surface area (Å²) in [5, 5.41) is 2.98. The van der Waals surface area contributed by atoms with Gasteiger partial charge in [0.05, 0.1) is 25.2 Å². The number of benzene rings is 1. The first-order valence-corrected chi connectivity index (χ1v) is 7.94. The normalized spacial score (nSPS) is 28.0. The fraction of sp³-hybridized carbons (Fsp3) is 0.529. The summed E-state index contributed by atoms with van der Waals surface area (Å²) in [6, 6.07) is 8.20. The number of carbonyl (C=O) groups excluding carboxylic acids is 2. The molecule has 1 aromatic rings. The molecule has 0 saturated carbocycles. The van der Waals surface area contributed by atoms with E-state index in [1.54, 1.807) is 0 Å². The van der Waals surface area contributed by atoms with Crippen molar-refractivity contribution in [1.29, 1.82) is 0 Å². The SMILES string of the molecule is O=C1N[C@@H]2COC[C@H]1CN(C(=O)C1Cc3ccccc3C1)C2. The zero-order valence-corrected chi connectivity index (χ0v) is 12.5. The molecule has 1 aromatic carbocycles. The van der Waals surface area contributed by atoms with E-state index in [-0.39, 0.29) is 29.7 Å². The van der Waals surface area contributed by atoms with Gasteiger partial charge >= 0.3 is 0 Å². The number of fused-ring (bicyclic) bond motifs is 4. The molecule has 2 heterocycles. The lowest BCUT2D eigenvalue weighted by Crippen LogP contribution is -2.46. The zero-order chi connectivity index (χ0) is 15.1. The third-order valence-corrected chi connectivity index (χ3v) is 4.95. The van der Waals surface area contributed by atoms with E-state index in [0.29, 0.717) is 26.3 Å². The lowest BCUT2D eigenvalue weighted by atomic mass is 10.0. The quantitative estimate of drug-likeness (QED) is 0.815. The minimum atomic E-state index is -0.236. The van der Waals surface area contributed by atoms with Crippen molar-refractivity contribution in [3.05, 3.63) is 35.4 Å². The second-order valence-electron chi connectivity index (χ2n) is 6.56. The molecule has 116 valence electrons. The fourth-order valence-corrected chi connectivity index (χ4v) is 3.80. The first-order chi connectivity index (χ1) is 10.7. The van der Waals surface area contributed by atoms with E-state index in [9.17, 15) is 9.59 Å². The minimum absolute atomic E-state index is 0.0206. The van der Waals surface area contributed by atoms with Gasteiger partial charge in [-0.3, -0.25) is 9.59 Å². The van der Waals surface area contributed by atoms with Gasteiger partial charge in [0.1, 0.15) is 0 Å². The van der Waals surface area contributed by atoms with Crippen molar-refractivity contribution in [2.75, 3.05) is 26.3 Å². The molecule has 2 saturated heterocycles. The topological polar surface area (TPSA) is 58.6 Å². The van der Waals surface area contributed by atoms with E-state index >= 15 is 0 Å². The van der Waals surface area contributed by atoms with Gasteiger partial charge < -0.3 is 15.0 Å². The maximum Gasteiger partial charge on any atom is 0.227 e. The van der Waals surface area contributed by atoms with Gasteiger partial charge in [0.25, 0.3) is 0 Å². The van der Waals surface area contributed by atoms with Gasteiger partial charge in [-0.25, -0.2) is 0 Å². The summed E-state index contributed by atoms with van der Waals surface area (Å²) in [6.45, 7) is 1.95. The molecule has 0 unspecified atom stereocenters. The molecule has 22 heavy (non-hydrogen) atoms. The summed E-state index contributed by atoms with van der Waals surface area (Å²) in [5.74, 6) is -0.00965. The molecule has 1 N–H and O–H groups in total. The third kappa shape index (κ3) is 2.39. The van der Waals surface area contributed by atoms with Crippen LogP contribution in [0.2, 0.25) is 0 Å². The Hall–Kier alpha value is -1.88. The van der Waals surface area contributed by atoms with Crippen LogP contribution in [0.1, 0.15) is 11.1 Å². The van der Waals surface area contributed by atoms with Crippen LogP contribution in [0.15, 0.2) is 24.3 Å². The Morgan fingerprint density at radius 2 is 1.86 bits per heavy atom. The lowest BCUT2D eigenvalue weighted by molar-refractivity contribution is -0.137. The maximum atomic E-state index is 12.9. The Morgan fingerprint density at radius 3 is 2.59 bits per heavy atom. The summed E-state index contributed by atoms with van der Waals surface area (Å²) in [4.78, 5) is 26.8. The van der Waals surface area contributed by atoms with Crippen molar-refractivity contribution in [1.82, 2.24) is 10.2 Å². The molecule has 2 fully saturated rings. The van der Waals surface area contributed by atoms with Gasteiger partial charge in [0.15, 0.2) is 0 Å². The van der Waals surface area contributed by atoms with E-state index < -0.39 is 0 Å². The Kier molecular flexibility index (Phi) is 3.37. The number of amides is 2. The summed E-state index contributed by atoms with van der Waals surface area (Å²) in [5.41, 5.74) is 2.57. The largest absolute Gasteiger partial charge is 0.378 e. The molecule has 0 aromatic heterocycles. The average Bonchev–Trinajstić information content (AvgIpc) is 2.77. The molecule has 2 bridgehead atoms. The van der Waals surface area contributed by atoms with Gasteiger partial charge in [-0.05, 0) is 24.0 Å². The highest BCUT2D eigenvalue weighted by atomic mass is 16.5. The van der Waals surface area contributed by atoms with Crippen LogP contribution in [0.3, 0.4) is 0 Å². The Bertz CT molecular complexity index is 591. The smallest absolute Gasteiger partial charge is 0.227 e. The number of carbonyl (C=O) groups is 2. The number of nitrogens with one attached hydrogen (secondary N) is 1. The van der Waals surface area contributed by atoms with Crippen LogP contribution in [0.5, 0.6) is 0 Å². The Morgan fingerprint density at radius 1 is 1.14 bits per heavy atom. The minimum Gasteiger partial charge on any atom is -0.378 e. The molecular weight excluding hydrogens is 280 g/mol. The van der Waals surface area contributed by atoms with Crippen molar-refractivity contribution in [2.45, 2.75) is 18.9 Å². The highest BCUT2D eigenvalue weighted by Gasteiger charge is 2.38. The van der Waals surface area contributed by atoms with Crippen LogP contribution in [-0.4, -0.2) is 49.1 Å². The summed E-state index contributed by atoms with van der Waals surface area (Å²) in [6.07, 6.45) is 1.64. The second kappa shape index (κ2) is 5.39. The molecule has 2 amide bonds. The Balaban J connectivity index is 1.51. The maximum absolute atomic E-state index is 12.9. The zero-order valence-electron chi connectivity index (χ0n) is 12.5. The summed E-state index contributed by atoms with van der Waals surface area (Å²) >= 11 is 0. The van der Waals surface area contributed by atoms with E-state index in [1.165, 1.54) is 11.1 Å². The van der Waals surface area contributed by atoms with Crippen molar-refractivity contribution >= 4 is 11.8 Å². The number of hydrogen-bond donors (Lipinski definition) is 1. The van der Waals surface area contributed by atoms with Crippen molar-refractivity contribution in [3.63, 3.8) is 0 Å². The number of ether oxygens (including phenoxy) is 1. The van der Waals surface area contributed by atoms with Gasteiger partial charge in [-0.15, -0.1) is 0 Å². The molecule has 5 heteroatoms. The molecular formula is C17H20N2O3. The first kappa shape index (κ1) is 13.8. The second-order valence-corrected chi connectivity index (χ2v) is 6.56. The molecule has 3 aliphatic rings. The summed E-state index contributed by atoms with van der Waals surface area (Å²) < 4.78 is 5.51. The first-order valence-electron chi connectivity index (χ1n) is 7.94. The van der Waals surface area contributed by atoms with Gasteiger partial charge in [-0.1, -0.05) is 24.3 Å². The van der Waals surface area contributed by atoms with Crippen molar-refractivity contribution in [3.8, 4) is 0 Å². The number of rotatable bonds is 1. The predicted molar refractivity (Wildman–Crippen MR) is 80.2 cm³/mol. The molecule has 1 aliphatic carbocycles. The van der Waals surface area contributed by atoms with Gasteiger partial charge in [0, 0.05) is 19.0 Å². The van der Waals surface area contributed by atoms with Crippen molar-refractivity contribution in [2.24, 2.45) is 11.8 Å². The van der Waals surface area contributed by atoms with Gasteiger partial charge in [-0.2, -0.15) is 0 Å².